The highest BCUT2D eigenvalue weighted by atomic mass is 32.2. The minimum Gasteiger partial charge on any atom is -0.479 e. The van der Waals surface area contributed by atoms with E-state index in [1.807, 2.05) is 0 Å². The van der Waals surface area contributed by atoms with E-state index >= 15 is 0 Å². The van der Waals surface area contributed by atoms with Gasteiger partial charge in [0.1, 0.15) is 6.26 Å². The summed E-state index contributed by atoms with van der Waals surface area (Å²) in [6, 6.07) is 2.62. The molecule has 102 valence electrons. The first-order chi connectivity index (χ1) is 8.82. The number of hydrogen-bond acceptors (Lipinski definition) is 5. The van der Waals surface area contributed by atoms with Gasteiger partial charge >= 0.3 is 5.97 Å². The number of carboxylic acids is 1. The lowest BCUT2D eigenvalue weighted by atomic mass is 10.1. The Morgan fingerprint density at radius 1 is 1.42 bits per heavy atom. The van der Waals surface area contributed by atoms with Crippen molar-refractivity contribution in [3.05, 3.63) is 35.7 Å². The molecule has 19 heavy (non-hydrogen) atoms. The molecular weight excluding hydrogens is 270 g/mol. The molecule has 0 bridgehead atoms. The van der Waals surface area contributed by atoms with Crippen LogP contribution >= 0.6 is 0 Å². The van der Waals surface area contributed by atoms with Crippen LogP contribution in [0.15, 0.2) is 29.5 Å². The van der Waals surface area contributed by atoms with Gasteiger partial charge < -0.3 is 14.7 Å². The summed E-state index contributed by atoms with van der Waals surface area (Å²) in [5.74, 6) is -1.09. The van der Waals surface area contributed by atoms with Gasteiger partial charge in [-0.3, -0.25) is 0 Å². The second kappa shape index (κ2) is 4.58. The number of ether oxygens (including phenoxy) is 1. The first-order valence-electron chi connectivity index (χ1n) is 5.44. The summed E-state index contributed by atoms with van der Waals surface area (Å²) in [4.78, 5) is 12.8. The van der Waals surface area contributed by atoms with E-state index in [-0.39, 0.29) is 17.2 Å². The van der Waals surface area contributed by atoms with Crippen LogP contribution in [0.1, 0.15) is 15.9 Å². The molecule has 0 aromatic heterocycles. The molecule has 6 nitrogen and oxygen atoms in total. The highest BCUT2D eigenvalue weighted by Gasteiger charge is 2.24. The average molecular weight is 283 g/mol. The molecule has 0 radical (unpaired) electrons. The van der Waals surface area contributed by atoms with Gasteiger partial charge in [0, 0.05) is 12.5 Å². The second-order valence-electron chi connectivity index (χ2n) is 4.21. The lowest BCUT2D eigenvalue weighted by Crippen LogP contribution is -2.19. The Bertz CT molecular complexity index is 663. The molecular formula is C12H13NO5S. The van der Waals surface area contributed by atoms with E-state index in [9.17, 15) is 13.2 Å². The molecule has 1 aliphatic heterocycles. The Morgan fingerprint density at radius 2 is 2.11 bits per heavy atom. The molecule has 0 saturated heterocycles. The molecule has 0 fully saturated rings. The van der Waals surface area contributed by atoms with Gasteiger partial charge in [-0.15, -0.1) is 0 Å². The summed E-state index contributed by atoms with van der Waals surface area (Å²) < 4.78 is 28.6. The molecule has 2 rings (SSSR count). The van der Waals surface area contributed by atoms with Gasteiger partial charge in [0.05, 0.1) is 16.1 Å². The molecule has 1 heterocycles. The lowest BCUT2D eigenvalue weighted by molar-refractivity contribution is 0.0696. The SMILES string of the molecule is Cc1c(C(=O)O)ccc(S(C)(=O)=O)c1N1C=COC1. The van der Waals surface area contributed by atoms with Crippen molar-refractivity contribution < 1.29 is 23.1 Å². The van der Waals surface area contributed by atoms with Gasteiger partial charge in [0.25, 0.3) is 0 Å². The Morgan fingerprint density at radius 3 is 2.58 bits per heavy atom. The molecule has 1 aliphatic rings. The average Bonchev–Trinajstić information content (AvgIpc) is 2.79. The Labute approximate surface area is 110 Å². The van der Waals surface area contributed by atoms with E-state index in [0.717, 1.165) is 6.26 Å². The summed E-state index contributed by atoms with van der Waals surface area (Å²) in [6.45, 7) is 1.74. The van der Waals surface area contributed by atoms with Crippen LogP contribution in [0, 0.1) is 6.92 Å². The van der Waals surface area contributed by atoms with Gasteiger partial charge in [-0.25, -0.2) is 13.2 Å². The molecule has 0 atom stereocenters. The van der Waals surface area contributed by atoms with E-state index in [2.05, 4.69) is 0 Å². The molecule has 0 saturated carbocycles. The van der Waals surface area contributed by atoms with Crippen LogP contribution in [0.4, 0.5) is 5.69 Å². The van der Waals surface area contributed by atoms with Crippen LogP contribution in [0.2, 0.25) is 0 Å². The molecule has 7 heteroatoms. The minimum absolute atomic E-state index is 0.0719. The van der Waals surface area contributed by atoms with Gasteiger partial charge in [-0.05, 0) is 24.6 Å². The summed E-state index contributed by atoms with van der Waals surface area (Å²) in [7, 11) is -3.46. The maximum atomic E-state index is 11.8. The fraction of sp³-hybridized carbons (Fsp3) is 0.250. The Balaban J connectivity index is 2.73. The zero-order chi connectivity index (χ0) is 14.2. The monoisotopic (exact) mass is 283 g/mol. The molecule has 0 amide bonds. The zero-order valence-electron chi connectivity index (χ0n) is 10.5. The minimum atomic E-state index is -3.46. The van der Waals surface area contributed by atoms with Gasteiger partial charge in [0.2, 0.25) is 0 Å². The van der Waals surface area contributed by atoms with E-state index in [1.54, 1.807) is 18.0 Å². The van der Waals surface area contributed by atoms with Crippen molar-refractivity contribution in [1.29, 1.82) is 0 Å². The van der Waals surface area contributed by atoms with Crippen molar-refractivity contribution >= 4 is 21.5 Å². The number of hydrogen-bond donors (Lipinski definition) is 1. The quantitative estimate of drug-likeness (QED) is 0.901. The number of carboxylic acid groups (broad SMARTS) is 1. The lowest BCUT2D eigenvalue weighted by Gasteiger charge is -2.21. The van der Waals surface area contributed by atoms with E-state index < -0.39 is 15.8 Å². The predicted octanol–water partition coefficient (Wildman–Crippen LogP) is 1.36. The molecule has 0 unspecified atom stereocenters. The Kier molecular flexibility index (Phi) is 3.23. The number of benzene rings is 1. The third-order valence-corrected chi connectivity index (χ3v) is 3.99. The van der Waals surface area contributed by atoms with Crippen molar-refractivity contribution in [3.63, 3.8) is 0 Å². The number of carbonyl (C=O) groups is 1. The smallest absolute Gasteiger partial charge is 0.336 e. The fourth-order valence-electron chi connectivity index (χ4n) is 1.99. The van der Waals surface area contributed by atoms with Crippen LogP contribution in [-0.2, 0) is 14.6 Å². The highest BCUT2D eigenvalue weighted by Crippen LogP contribution is 2.33. The number of anilines is 1. The van der Waals surface area contributed by atoms with E-state index in [1.165, 1.54) is 18.4 Å². The predicted molar refractivity (Wildman–Crippen MR) is 68.8 cm³/mol. The summed E-state index contributed by atoms with van der Waals surface area (Å²) in [6.07, 6.45) is 4.09. The van der Waals surface area contributed by atoms with Gasteiger partial charge in [-0.2, -0.15) is 0 Å². The third-order valence-electron chi connectivity index (χ3n) is 2.86. The number of nitrogens with zero attached hydrogens (tertiary/aromatic N) is 1. The molecule has 1 aromatic carbocycles. The second-order valence-corrected chi connectivity index (χ2v) is 6.20. The van der Waals surface area contributed by atoms with Crippen molar-refractivity contribution in [2.24, 2.45) is 0 Å². The largest absolute Gasteiger partial charge is 0.479 e. The standard InChI is InChI=1S/C12H13NO5S/c1-8-9(12(14)15)3-4-10(19(2,16)17)11(8)13-5-6-18-7-13/h3-6H,7H2,1-2H3,(H,14,15). The van der Waals surface area contributed by atoms with E-state index in [4.69, 9.17) is 9.84 Å². The molecule has 0 aliphatic carbocycles. The van der Waals surface area contributed by atoms with Gasteiger partial charge in [0.15, 0.2) is 16.6 Å². The Hall–Kier alpha value is -2.02. The number of rotatable bonds is 3. The van der Waals surface area contributed by atoms with Crippen molar-refractivity contribution in [3.8, 4) is 0 Å². The maximum absolute atomic E-state index is 11.8. The summed E-state index contributed by atoms with van der Waals surface area (Å²) >= 11 is 0. The van der Waals surface area contributed by atoms with Crippen molar-refractivity contribution in [2.75, 3.05) is 17.9 Å². The molecule has 1 aromatic rings. The number of aromatic carboxylic acids is 1. The fourth-order valence-corrected chi connectivity index (χ4v) is 2.92. The summed E-state index contributed by atoms with van der Waals surface area (Å²) in [5.41, 5.74) is 0.810. The van der Waals surface area contributed by atoms with Crippen LogP contribution in [0.25, 0.3) is 0 Å². The maximum Gasteiger partial charge on any atom is 0.336 e. The summed E-state index contributed by atoms with van der Waals surface area (Å²) in [5, 5.41) is 9.11. The van der Waals surface area contributed by atoms with Crippen molar-refractivity contribution in [1.82, 2.24) is 0 Å². The van der Waals surface area contributed by atoms with Crippen LogP contribution in [0.5, 0.6) is 0 Å². The van der Waals surface area contributed by atoms with Crippen LogP contribution < -0.4 is 4.90 Å². The van der Waals surface area contributed by atoms with Crippen LogP contribution in [-0.4, -0.2) is 32.5 Å². The molecule has 1 N–H and O–H groups in total. The number of sulfone groups is 1. The first kappa shape index (κ1) is 13.4. The van der Waals surface area contributed by atoms with Crippen LogP contribution in [0.3, 0.4) is 0 Å². The normalized spacial score (nSPS) is 14.5. The van der Waals surface area contributed by atoms with Crippen molar-refractivity contribution in [2.45, 2.75) is 11.8 Å². The van der Waals surface area contributed by atoms with E-state index in [0.29, 0.717) is 11.3 Å². The van der Waals surface area contributed by atoms with Gasteiger partial charge in [-0.1, -0.05) is 0 Å². The molecule has 0 spiro atoms. The third kappa shape index (κ3) is 2.41. The topological polar surface area (TPSA) is 83.9 Å². The highest BCUT2D eigenvalue weighted by molar-refractivity contribution is 7.90. The zero-order valence-corrected chi connectivity index (χ0v) is 11.3. The first-order valence-corrected chi connectivity index (χ1v) is 7.33.